The van der Waals surface area contributed by atoms with Gasteiger partial charge in [-0.25, -0.2) is 0 Å². The van der Waals surface area contributed by atoms with Crippen molar-refractivity contribution in [3.63, 3.8) is 0 Å². The Kier molecular flexibility index (Phi) is 6.47. The first-order valence-corrected chi connectivity index (χ1v) is 8.28. The van der Waals surface area contributed by atoms with Gasteiger partial charge < -0.3 is 15.4 Å². The second-order valence-corrected chi connectivity index (χ2v) is 6.08. The van der Waals surface area contributed by atoms with Crippen molar-refractivity contribution in [2.45, 2.75) is 19.9 Å². The summed E-state index contributed by atoms with van der Waals surface area (Å²) in [5, 5.41) is 6.17. The summed E-state index contributed by atoms with van der Waals surface area (Å²) in [7, 11) is 1.63. The van der Waals surface area contributed by atoms with E-state index in [9.17, 15) is 4.79 Å². The zero-order valence-electron chi connectivity index (χ0n) is 13.4. The van der Waals surface area contributed by atoms with Crippen molar-refractivity contribution in [3.05, 3.63) is 58.1 Å². The fraction of sp³-hybridized carbons (Fsp3) is 0.278. The molecule has 0 saturated carbocycles. The van der Waals surface area contributed by atoms with E-state index in [1.807, 2.05) is 43.3 Å². The molecule has 0 aliphatic heterocycles. The number of benzene rings is 2. The molecule has 0 radical (unpaired) electrons. The molecule has 0 aliphatic rings. The predicted octanol–water partition coefficient (Wildman–Crippen LogP) is 3.88. The van der Waals surface area contributed by atoms with Gasteiger partial charge in [-0.1, -0.05) is 34.1 Å². The maximum atomic E-state index is 11.9. The summed E-state index contributed by atoms with van der Waals surface area (Å²) in [4.78, 5) is 11.9. The van der Waals surface area contributed by atoms with E-state index in [1.165, 1.54) is 0 Å². The third kappa shape index (κ3) is 5.28. The van der Waals surface area contributed by atoms with Crippen LogP contribution in [0.3, 0.4) is 0 Å². The molecule has 5 heteroatoms. The molecule has 0 bridgehead atoms. The molecule has 0 aromatic heterocycles. The van der Waals surface area contributed by atoms with Gasteiger partial charge >= 0.3 is 0 Å². The van der Waals surface area contributed by atoms with E-state index < -0.39 is 0 Å². The number of para-hydroxylation sites is 1. The van der Waals surface area contributed by atoms with Crippen LogP contribution in [0.1, 0.15) is 17.5 Å². The van der Waals surface area contributed by atoms with Crippen molar-refractivity contribution < 1.29 is 9.53 Å². The van der Waals surface area contributed by atoms with Crippen molar-refractivity contribution >= 4 is 27.5 Å². The molecular weight excluding hydrogens is 356 g/mol. The van der Waals surface area contributed by atoms with Crippen LogP contribution in [0, 0.1) is 6.92 Å². The van der Waals surface area contributed by atoms with Crippen molar-refractivity contribution in [3.8, 4) is 5.75 Å². The molecule has 2 aromatic rings. The molecule has 0 heterocycles. The van der Waals surface area contributed by atoms with Gasteiger partial charge in [0.05, 0.1) is 7.11 Å². The molecule has 0 fully saturated rings. The van der Waals surface area contributed by atoms with E-state index in [2.05, 4.69) is 32.6 Å². The van der Waals surface area contributed by atoms with Crippen LogP contribution in [-0.2, 0) is 11.3 Å². The van der Waals surface area contributed by atoms with Gasteiger partial charge in [0.25, 0.3) is 0 Å². The largest absolute Gasteiger partial charge is 0.496 e. The number of anilines is 1. The summed E-state index contributed by atoms with van der Waals surface area (Å²) < 4.78 is 6.35. The number of hydrogen-bond acceptors (Lipinski definition) is 3. The third-order valence-electron chi connectivity index (χ3n) is 3.51. The van der Waals surface area contributed by atoms with Gasteiger partial charge in [0.2, 0.25) is 5.91 Å². The molecule has 0 atom stereocenters. The van der Waals surface area contributed by atoms with E-state index in [1.54, 1.807) is 7.11 Å². The minimum Gasteiger partial charge on any atom is -0.496 e. The zero-order valence-corrected chi connectivity index (χ0v) is 14.9. The molecule has 2 N–H and O–H groups in total. The van der Waals surface area contributed by atoms with Crippen LogP contribution >= 0.6 is 15.9 Å². The number of amides is 1. The standard InChI is InChI=1S/C18H21BrN2O2/c1-13-11-15(7-8-16(13)19)20-10-9-18(22)21-12-14-5-3-4-6-17(14)23-2/h3-8,11,20H,9-10,12H2,1-2H3,(H,21,22). The summed E-state index contributed by atoms with van der Waals surface area (Å²) >= 11 is 3.47. The van der Waals surface area contributed by atoms with Crippen LogP contribution < -0.4 is 15.4 Å². The minimum absolute atomic E-state index is 0.0113. The maximum absolute atomic E-state index is 11.9. The van der Waals surface area contributed by atoms with Gasteiger partial charge in [-0.05, 0) is 36.8 Å². The van der Waals surface area contributed by atoms with Gasteiger partial charge in [-0.3, -0.25) is 4.79 Å². The summed E-state index contributed by atoms with van der Waals surface area (Å²) in [6.45, 7) is 3.11. The Hall–Kier alpha value is -2.01. The summed E-state index contributed by atoms with van der Waals surface area (Å²) in [5.74, 6) is 0.800. The second-order valence-electron chi connectivity index (χ2n) is 5.23. The van der Waals surface area contributed by atoms with E-state index in [-0.39, 0.29) is 5.91 Å². The smallest absolute Gasteiger partial charge is 0.222 e. The van der Waals surface area contributed by atoms with Gasteiger partial charge in [0, 0.05) is 35.2 Å². The fourth-order valence-electron chi connectivity index (χ4n) is 2.21. The van der Waals surface area contributed by atoms with Crippen LogP contribution in [0.25, 0.3) is 0 Å². The van der Waals surface area contributed by atoms with Crippen LogP contribution in [0.2, 0.25) is 0 Å². The van der Waals surface area contributed by atoms with E-state index in [4.69, 9.17) is 4.74 Å². The molecule has 0 aliphatic carbocycles. The lowest BCUT2D eigenvalue weighted by molar-refractivity contribution is -0.121. The topological polar surface area (TPSA) is 50.4 Å². The van der Waals surface area contributed by atoms with Crippen molar-refractivity contribution in [1.82, 2.24) is 5.32 Å². The van der Waals surface area contributed by atoms with Crippen LogP contribution in [0.4, 0.5) is 5.69 Å². The Morgan fingerprint density at radius 1 is 1.22 bits per heavy atom. The Bertz CT molecular complexity index is 674. The molecule has 4 nitrogen and oxygen atoms in total. The first-order valence-electron chi connectivity index (χ1n) is 7.49. The summed E-state index contributed by atoms with van der Waals surface area (Å²) in [5.41, 5.74) is 3.15. The molecular formula is C18H21BrN2O2. The average molecular weight is 377 g/mol. The molecule has 122 valence electrons. The van der Waals surface area contributed by atoms with Crippen LogP contribution in [0.15, 0.2) is 46.9 Å². The van der Waals surface area contributed by atoms with E-state index in [0.29, 0.717) is 19.5 Å². The number of halogens is 1. The Labute approximate surface area is 145 Å². The van der Waals surface area contributed by atoms with Crippen molar-refractivity contribution in [2.24, 2.45) is 0 Å². The van der Waals surface area contributed by atoms with Crippen LogP contribution in [-0.4, -0.2) is 19.6 Å². The first-order chi connectivity index (χ1) is 11.1. The maximum Gasteiger partial charge on any atom is 0.222 e. The molecule has 0 saturated heterocycles. The van der Waals surface area contributed by atoms with Crippen molar-refractivity contribution in [1.29, 1.82) is 0 Å². The Balaban J connectivity index is 1.76. The SMILES string of the molecule is COc1ccccc1CNC(=O)CCNc1ccc(Br)c(C)c1. The fourth-order valence-corrected chi connectivity index (χ4v) is 2.45. The number of hydrogen-bond donors (Lipinski definition) is 2. The number of carbonyl (C=O) groups excluding carboxylic acids is 1. The number of methoxy groups -OCH3 is 1. The highest BCUT2D eigenvalue weighted by molar-refractivity contribution is 9.10. The quantitative estimate of drug-likeness (QED) is 0.770. The minimum atomic E-state index is 0.0113. The summed E-state index contributed by atoms with van der Waals surface area (Å²) in [6, 6.07) is 13.7. The molecule has 23 heavy (non-hydrogen) atoms. The number of ether oxygens (including phenoxy) is 1. The van der Waals surface area contributed by atoms with Gasteiger partial charge in [0.1, 0.15) is 5.75 Å². The number of rotatable bonds is 7. The van der Waals surface area contributed by atoms with Crippen LogP contribution in [0.5, 0.6) is 5.75 Å². The van der Waals surface area contributed by atoms with Gasteiger partial charge in [-0.2, -0.15) is 0 Å². The molecule has 2 rings (SSSR count). The first kappa shape index (κ1) is 17.3. The highest BCUT2D eigenvalue weighted by Crippen LogP contribution is 2.20. The molecule has 1 amide bonds. The lowest BCUT2D eigenvalue weighted by Crippen LogP contribution is -2.25. The van der Waals surface area contributed by atoms with Gasteiger partial charge in [-0.15, -0.1) is 0 Å². The molecule has 2 aromatic carbocycles. The lowest BCUT2D eigenvalue weighted by Gasteiger charge is -2.10. The second kappa shape index (κ2) is 8.58. The van der Waals surface area contributed by atoms with Crippen molar-refractivity contribution in [2.75, 3.05) is 19.0 Å². The highest BCUT2D eigenvalue weighted by Gasteiger charge is 2.05. The molecule has 0 unspecified atom stereocenters. The lowest BCUT2D eigenvalue weighted by atomic mass is 10.2. The van der Waals surface area contributed by atoms with E-state index in [0.717, 1.165) is 27.0 Å². The zero-order chi connectivity index (χ0) is 16.7. The Morgan fingerprint density at radius 2 is 2.00 bits per heavy atom. The number of carbonyl (C=O) groups is 1. The molecule has 0 spiro atoms. The monoisotopic (exact) mass is 376 g/mol. The predicted molar refractivity (Wildman–Crippen MR) is 96.8 cm³/mol. The number of aryl methyl sites for hydroxylation is 1. The third-order valence-corrected chi connectivity index (χ3v) is 4.40. The average Bonchev–Trinajstić information content (AvgIpc) is 2.56. The Morgan fingerprint density at radius 3 is 2.74 bits per heavy atom. The highest BCUT2D eigenvalue weighted by atomic mass is 79.9. The summed E-state index contributed by atoms with van der Waals surface area (Å²) in [6.07, 6.45) is 0.421. The van der Waals surface area contributed by atoms with Gasteiger partial charge in [0.15, 0.2) is 0 Å². The van der Waals surface area contributed by atoms with E-state index >= 15 is 0 Å². The number of nitrogens with one attached hydrogen (secondary N) is 2. The normalized spacial score (nSPS) is 10.2.